The number of nitrogens with zero attached hydrogens (tertiary/aromatic N) is 1. The zero-order valence-corrected chi connectivity index (χ0v) is 7.08. The molecule has 1 aromatic rings. The van der Waals surface area contributed by atoms with Gasteiger partial charge in [0.05, 0.1) is 5.69 Å². The van der Waals surface area contributed by atoms with Gasteiger partial charge in [-0.15, -0.1) is 0 Å². The van der Waals surface area contributed by atoms with E-state index in [2.05, 4.69) is 10.3 Å². The van der Waals surface area contributed by atoms with Crippen molar-refractivity contribution in [1.29, 1.82) is 0 Å². The largest absolute Gasteiger partial charge is 0.486 e. The van der Waals surface area contributed by atoms with Gasteiger partial charge in [0.1, 0.15) is 11.9 Å². The second-order valence-corrected chi connectivity index (χ2v) is 2.99. The van der Waals surface area contributed by atoms with Gasteiger partial charge in [-0.3, -0.25) is 4.98 Å². The van der Waals surface area contributed by atoms with Gasteiger partial charge in [0.15, 0.2) is 0 Å². The van der Waals surface area contributed by atoms with Crippen molar-refractivity contribution < 1.29 is 4.74 Å². The fraction of sp³-hybridized carbons (Fsp3) is 0.444. The summed E-state index contributed by atoms with van der Waals surface area (Å²) >= 11 is 0. The first kappa shape index (κ1) is 7.55. The molecule has 1 saturated heterocycles. The molecular formula is C9H12N2O. The lowest BCUT2D eigenvalue weighted by Crippen LogP contribution is -2.50. The Balaban J connectivity index is 2.06. The van der Waals surface area contributed by atoms with Crippen molar-refractivity contribution in [2.45, 2.75) is 13.0 Å². The first-order valence-corrected chi connectivity index (χ1v) is 4.15. The minimum Gasteiger partial charge on any atom is -0.486 e. The standard InChI is InChI=1S/C9H12N2O/c1-7-9(3-2-4-11-7)12-8-5-10-6-8/h2-4,8,10H,5-6H2,1H3. The third-order valence-electron chi connectivity index (χ3n) is 2.00. The predicted molar refractivity (Wildman–Crippen MR) is 46.3 cm³/mol. The van der Waals surface area contributed by atoms with Crippen LogP contribution in [0.25, 0.3) is 0 Å². The minimum atomic E-state index is 0.341. The minimum absolute atomic E-state index is 0.341. The third-order valence-corrected chi connectivity index (χ3v) is 2.00. The topological polar surface area (TPSA) is 34.1 Å². The van der Waals surface area contributed by atoms with Crippen LogP contribution in [0.2, 0.25) is 0 Å². The molecule has 1 fully saturated rings. The summed E-state index contributed by atoms with van der Waals surface area (Å²) in [6.07, 6.45) is 2.12. The molecule has 1 N–H and O–H groups in total. The van der Waals surface area contributed by atoms with Gasteiger partial charge in [-0.05, 0) is 19.1 Å². The van der Waals surface area contributed by atoms with E-state index in [9.17, 15) is 0 Å². The number of aromatic nitrogens is 1. The van der Waals surface area contributed by atoms with E-state index in [1.54, 1.807) is 6.20 Å². The van der Waals surface area contributed by atoms with Crippen molar-refractivity contribution in [2.75, 3.05) is 13.1 Å². The van der Waals surface area contributed by atoms with Crippen molar-refractivity contribution in [3.63, 3.8) is 0 Å². The van der Waals surface area contributed by atoms with Crippen LogP contribution in [0.3, 0.4) is 0 Å². The molecule has 0 aromatic carbocycles. The predicted octanol–water partition coefficient (Wildman–Crippen LogP) is 0.741. The molecule has 0 atom stereocenters. The number of hydrogen-bond acceptors (Lipinski definition) is 3. The fourth-order valence-corrected chi connectivity index (χ4v) is 1.12. The van der Waals surface area contributed by atoms with E-state index in [0.717, 1.165) is 24.5 Å². The van der Waals surface area contributed by atoms with E-state index in [0.29, 0.717) is 6.10 Å². The Bertz CT molecular complexity index is 271. The van der Waals surface area contributed by atoms with Gasteiger partial charge in [-0.1, -0.05) is 0 Å². The second-order valence-electron chi connectivity index (χ2n) is 2.99. The second kappa shape index (κ2) is 3.11. The summed E-state index contributed by atoms with van der Waals surface area (Å²) in [6, 6.07) is 3.86. The van der Waals surface area contributed by atoms with Gasteiger partial charge >= 0.3 is 0 Å². The monoisotopic (exact) mass is 164 g/mol. The maximum absolute atomic E-state index is 5.66. The first-order chi connectivity index (χ1) is 5.86. The van der Waals surface area contributed by atoms with Crippen LogP contribution in [-0.2, 0) is 0 Å². The molecule has 1 aliphatic rings. The third kappa shape index (κ3) is 1.41. The molecule has 1 aromatic heterocycles. The number of rotatable bonds is 2. The summed E-state index contributed by atoms with van der Waals surface area (Å²) in [5, 5.41) is 3.16. The summed E-state index contributed by atoms with van der Waals surface area (Å²) in [5.41, 5.74) is 0.962. The maximum Gasteiger partial charge on any atom is 0.141 e. The van der Waals surface area contributed by atoms with Crippen molar-refractivity contribution in [3.8, 4) is 5.75 Å². The van der Waals surface area contributed by atoms with Crippen LogP contribution < -0.4 is 10.1 Å². The highest BCUT2D eigenvalue weighted by Gasteiger charge is 2.18. The highest BCUT2D eigenvalue weighted by Crippen LogP contribution is 2.16. The SMILES string of the molecule is Cc1ncccc1OC1CNC1. The molecule has 64 valence electrons. The molecule has 0 spiro atoms. The molecule has 3 heteroatoms. The highest BCUT2D eigenvalue weighted by atomic mass is 16.5. The van der Waals surface area contributed by atoms with Crippen molar-refractivity contribution >= 4 is 0 Å². The van der Waals surface area contributed by atoms with Gasteiger partial charge in [-0.2, -0.15) is 0 Å². The number of pyridine rings is 1. The van der Waals surface area contributed by atoms with Crippen LogP contribution in [0.15, 0.2) is 18.3 Å². The summed E-state index contributed by atoms with van der Waals surface area (Å²) in [4.78, 5) is 4.15. The van der Waals surface area contributed by atoms with Crippen LogP contribution in [0.4, 0.5) is 0 Å². The summed E-state index contributed by atoms with van der Waals surface area (Å²) < 4.78 is 5.66. The van der Waals surface area contributed by atoms with Gasteiger partial charge in [-0.25, -0.2) is 0 Å². The van der Waals surface area contributed by atoms with Gasteiger partial charge in [0.2, 0.25) is 0 Å². The van der Waals surface area contributed by atoms with E-state index < -0.39 is 0 Å². The fourth-order valence-electron chi connectivity index (χ4n) is 1.12. The van der Waals surface area contributed by atoms with E-state index in [4.69, 9.17) is 4.74 Å². The molecule has 0 aliphatic carbocycles. The lowest BCUT2D eigenvalue weighted by molar-refractivity contribution is 0.140. The highest BCUT2D eigenvalue weighted by molar-refractivity contribution is 5.25. The normalized spacial score (nSPS) is 17.1. The average Bonchev–Trinajstić information content (AvgIpc) is 2.00. The summed E-state index contributed by atoms with van der Waals surface area (Å²) in [5.74, 6) is 0.906. The molecule has 0 saturated carbocycles. The maximum atomic E-state index is 5.66. The Labute approximate surface area is 71.8 Å². The van der Waals surface area contributed by atoms with Gasteiger partial charge < -0.3 is 10.1 Å². The number of hydrogen-bond donors (Lipinski definition) is 1. The number of nitrogens with one attached hydrogen (secondary N) is 1. The quantitative estimate of drug-likeness (QED) is 0.700. The average molecular weight is 164 g/mol. The Morgan fingerprint density at radius 1 is 1.58 bits per heavy atom. The van der Waals surface area contributed by atoms with Crippen LogP contribution in [0.1, 0.15) is 5.69 Å². The van der Waals surface area contributed by atoms with Crippen LogP contribution in [0.5, 0.6) is 5.75 Å². The van der Waals surface area contributed by atoms with E-state index in [1.165, 1.54) is 0 Å². The summed E-state index contributed by atoms with van der Waals surface area (Å²) in [6.45, 7) is 3.87. The first-order valence-electron chi connectivity index (χ1n) is 4.15. The van der Waals surface area contributed by atoms with E-state index >= 15 is 0 Å². The molecule has 0 radical (unpaired) electrons. The van der Waals surface area contributed by atoms with Crippen LogP contribution in [0, 0.1) is 6.92 Å². The van der Waals surface area contributed by atoms with Crippen molar-refractivity contribution in [1.82, 2.24) is 10.3 Å². The Kier molecular flexibility index (Phi) is 1.96. The number of ether oxygens (including phenoxy) is 1. The zero-order valence-electron chi connectivity index (χ0n) is 7.08. The Morgan fingerprint density at radius 3 is 3.00 bits per heavy atom. The molecular weight excluding hydrogens is 152 g/mol. The smallest absolute Gasteiger partial charge is 0.141 e. The molecule has 2 rings (SSSR count). The molecule has 0 bridgehead atoms. The van der Waals surface area contributed by atoms with Crippen LogP contribution >= 0.6 is 0 Å². The van der Waals surface area contributed by atoms with E-state index in [1.807, 2.05) is 19.1 Å². The van der Waals surface area contributed by atoms with Crippen molar-refractivity contribution in [2.24, 2.45) is 0 Å². The molecule has 0 unspecified atom stereocenters. The zero-order chi connectivity index (χ0) is 8.39. The Morgan fingerprint density at radius 2 is 2.42 bits per heavy atom. The van der Waals surface area contributed by atoms with Crippen LogP contribution in [-0.4, -0.2) is 24.2 Å². The lowest BCUT2D eigenvalue weighted by Gasteiger charge is -2.28. The molecule has 2 heterocycles. The van der Waals surface area contributed by atoms with Gasteiger partial charge in [0, 0.05) is 19.3 Å². The molecule has 12 heavy (non-hydrogen) atoms. The lowest BCUT2D eigenvalue weighted by atomic mass is 10.2. The van der Waals surface area contributed by atoms with Crippen molar-refractivity contribution in [3.05, 3.63) is 24.0 Å². The molecule has 0 amide bonds. The summed E-state index contributed by atoms with van der Waals surface area (Å²) in [7, 11) is 0. The Hall–Kier alpha value is -1.09. The van der Waals surface area contributed by atoms with Gasteiger partial charge in [0.25, 0.3) is 0 Å². The molecule has 3 nitrogen and oxygen atoms in total. The van der Waals surface area contributed by atoms with E-state index in [-0.39, 0.29) is 0 Å². The molecule has 1 aliphatic heterocycles. The number of aryl methyl sites for hydroxylation is 1.